The van der Waals surface area contributed by atoms with E-state index < -0.39 is 0 Å². The number of hydrogen-bond donors (Lipinski definition) is 0. The molecule has 0 N–H and O–H groups in total. The van der Waals surface area contributed by atoms with Crippen LogP contribution in [0.15, 0.2) is 18.2 Å². The van der Waals surface area contributed by atoms with Crippen molar-refractivity contribution in [2.45, 2.75) is 33.1 Å². The quantitative estimate of drug-likeness (QED) is 0.730. The fourth-order valence-electron chi connectivity index (χ4n) is 1.78. The minimum absolute atomic E-state index is 0.165. The number of ether oxygens (including phenoxy) is 1. The molecule has 0 bridgehead atoms. The molecule has 0 aliphatic carbocycles. The van der Waals surface area contributed by atoms with E-state index in [-0.39, 0.29) is 11.7 Å². The Morgan fingerprint density at radius 1 is 1.33 bits per heavy atom. The molecule has 1 nitrogen and oxygen atoms in total. The summed E-state index contributed by atoms with van der Waals surface area (Å²) >= 11 is 0. The van der Waals surface area contributed by atoms with Crippen LogP contribution in [0.1, 0.15) is 38.7 Å². The van der Waals surface area contributed by atoms with E-state index in [9.17, 15) is 4.39 Å². The summed E-state index contributed by atoms with van der Waals surface area (Å²) in [7, 11) is 1.58. The van der Waals surface area contributed by atoms with Gasteiger partial charge in [0.15, 0.2) is 0 Å². The van der Waals surface area contributed by atoms with Crippen molar-refractivity contribution in [2.24, 2.45) is 5.92 Å². The van der Waals surface area contributed by atoms with Crippen molar-refractivity contribution in [3.63, 3.8) is 0 Å². The van der Waals surface area contributed by atoms with Gasteiger partial charge in [-0.05, 0) is 24.0 Å². The first-order valence-electron chi connectivity index (χ1n) is 5.44. The second-order valence-corrected chi connectivity index (χ2v) is 4.03. The molecule has 0 spiro atoms. The normalized spacial score (nSPS) is 14.7. The minimum Gasteiger partial charge on any atom is -0.496 e. The third kappa shape index (κ3) is 2.49. The van der Waals surface area contributed by atoms with Gasteiger partial charge in [-0.25, -0.2) is 4.39 Å². The molecule has 0 aliphatic rings. The Morgan fingerprint density at radius 3 is 2.53 bits per heavy atom. The van der Waals surface area contributed by atoms with Gasteiger partial charge in [0.25, 0.3) is 0 Å². The Morgan fingerprint density at radius 2 is 2.00 bits per heavy atom. The van der Waals surface area contributed by atoms with Crippen LogP contribution in [0, 0.1) is 11.7 Å². The first-order valence-corrected chi connectivity index (χ1v) is 5.44. The zero-order valence-corrected chi connectivity index (χ0v) is 9.88. The molecule has 15 heavy (non-hydrogen) atoms. The minimum atomic E-state index is -0.165. The number of rotatable bonds is 4. The van der Waals surface area contributed by atoms with E-state index in [1.165, 1.54) is 6.07 Å². The number of halogens is 1. The summed E-state index contributed by atoms with van der Waals surface area (Å²) in [5.41, 5.74) is 0.703. The molecule has 0 fully saturated rings. The Balaban J connectivity index is 3.10. The maximum Gasteiger partial charge on any atom is 0.130 e. The average Bonchev–Trinajstić information content (AvgIpc) is 2.26. The standard InChI is InChI=1S/C13H19FO/c1-5-9(2)10(3)13-11(14)7-6-8-12(13)15-4/h6-10H,5H2,1-4H3. The maximum atomic E-state index is 13.7. The number of benzene rings is 1. The monoisotopic (exact) mass is 210 g/mol. The molecule has 0 amide bonds. The van der Waals surface area contributed by atoms with E-state index in [4.69, 9.17) is 4.74 Å². The topological polar surface area (TPSA) is 9.23 Å². The van der Waals surface area contributed by atoms with E-state index in [0.29, 0.717) is 17.2 Å². The molecule has 1 rings (SSSR count). The van der Waals surface area contributed by atoms with E-state index in [1.54, 1.807) is 13.2 Å². The Kier molecular flexibility index (Phi) is 4.13. The van der Waals surface area contributed by atoms with E-state index in [1.807, 2.05) is 6.07 Å². The average molecular weight is 210 g/mol. The van der Waals surface area contributed by atoms with E-state index >= 15 is 0 Å². The van der Waals surface area contributed by atoms with Crippen LogP contribution in [0.2, 0.25) is 0 Å². The number of methoxy groups -OCH3 is 1. The highest BCUT2D eigenvalue weighted by atomic mass is 19.1. The second-order valence-electron chi connectivity index (χ2n) is 4.03. The molecule has 1 aromatic rings. The van der Waals surface area contributed by atoms with Crippen LogP contribution in [-0.4, -0.2) is 7.11 Å². The SMILES string of the molecule is CCC(C)C(C)c1c(F)cccc1OC. The molecular weight excluding hydrogens is 191 g/mol. The zero-order chi connectivity index (χ0) is 11.4. The second kappa shape index (κ2) is 5.15. The van der Waals surface area contributed by atoms with Crippen LogP contribution in [-0.2, 0) is 0 Å². The molecule has 0 saturated heterocycles. The highest BCUT2D eigenvalue weighted by Gasteiger charge is 2.20. The van der Waals surface area contributed by atoms with Crippen LogP contribution in [0.4, 0.5) is 4.39 Å². The smallest absolute Gasteiger partial charge is 0.130 e. The summed E-state index contributed by atoms with van der Waals surface area (Å²) in [6.07, 6.45) is 1.04. The van der Waals surface area contributed by atoms with Crippen molar-refractivity contribution in [2.75, 3.05) is 7.11 Å². The lowest BCUT2D eigenvalue weighted by molar-refractivity contribution is 0.382. The first kappa shape index (κ1) is 12.0. The summed E-state index contributed by atoms with van der Waals surface area (Å²) in [4.78, 5) is 0. The Hall–Kier alpha value is -1.05. The highest BCUT2D eigenvalue weighted by Crippen LogP contribution is 2.34. The van der Waals surface area contributed by atoms with Gasteiger partial charge < -0.3 is 4.74 Å². The lowest BCUT2D eigenvalue weighted by atomic mass is 9.86. The van der Waals surface area contributed by atoms with Crippen LogP contribution in [0.3, 0.4) is 0 Å². The van der Waals surface area contributed by atoms with E-state index in [2.05, 4.69) is 20.8 Å². The van der Waals surface area contributed by atoms with Gasteiger partial charge in [0.2, 0.25) is 0 Å². The van der Waals surface area contributed by atoms with Crippen LogP contribution >= 0.6 is 0 Å². The molecule has 0 saturated carbocycles. The van der Waals surface area contributed by atoms with Crippen LogP contribution < -0.4 is 4.74 Å². The van der Waals surface area contributed by atoms with E-state index in [0.717, 1.165) is 6.42 Å². The van der Waals surface area contributed by atoms with Gasteiger partial charge in [-0.15, -0.1) is 0 Å². The van der Waals surface area contributed by atoms with Crippen LogP contribution in [0.5, 0.6) is 5.75 Å². The first-order chi connectivity index (χ1) is 7.11. The van der Waals surface area contributed by atoms with Crippen molar-refractivity contribution < 1.29 is 9.13 Å². The molecule has 84 valence electrons. The molecule has 2 heteroatoms. The third-order valence-electron chi connectivity index (χ3n) is 3.19. The lowest BCUT2D eigenvalue weighted by Gasteiger charge is -2.21. The summed E-state index contributed by atoms with van der Waals surface area (Å²) in [5, 5.41) is 0. The summed E-state index contributed by atoms with van der Waals surface area (Å²) in [6, 6.07) is 5.00. The van der Waals surface area contributed by atoms with Crippen LogP contribution in [0.25, 0.3) is 0 Å². The highest BCUT2D eigenvalue weighted by molar-refractivity contribution is 5.37. The van der Waals surface area contributed by atoms with Crippen molar-refractivity contribution in [3.05, 3.63) is 29.6 Å². The largest absolute Gasteiger partial charge is 0.496 e. The van der Waals surface area contributed by atoms with Gasteiger partial charge in [-0.3, -0.25) is 0 Å². The Labute approximate surface area is 91.3 Å². The summed E-state index contributed by atoms with van der Waals surface area (Å²) in [6.45, 7) is 6.31. The van der Waals surface area contributed by atoms with Gasteiger partial charge in [-0.2, -0.15) is 0 Å². The van der Waals surface area contributed by atoms with Crippen molar-refractivity contribution in [1.29, 1.82) is 0 Å². The van der Waals surface area contributed by atoms with Gasteiger partial charge in [0.1, 0.15) is 11.6 Å². The molecule has 0 heterocycles. The maximum absolute atomic E-state index is 13.7. The zero-order valence-electron chi connectivity index (χ0n) is 9.88. The molecule has 2 unspecified atom stereocenters. The number of hydrogen-bond acceptors (Lipinski definition) is 1. The molecule has 0 aromatic heterocycles. The van der Waals surface area contributed by atoms with Gasteiger partial charge in [0.05, 0.1) is 7.11 Å². The molecule has 0 aliphatic heterocycles. The van der Waals surface area contributed by atoms with Crippen molar-refractivity contribution in [3.8, 4) is 5.75 Å². The molecule has 1 aromatic carbocycles. The van der Waals surface area contributed by atoms with Crippen molar-refractivity contribution >= 4 is 0 Å². The summed E-state index contributed by atoms with van der Waals surface area (Å²) in [5.74, 6) is 1.13. The Bertz CT molecular complexity index is 322. The summed E-state index contributed by atoms with van der Waals surface area (Å²) < 4.78 is 18.9. The fraction of sp³-hybridized carbons (Fsp3) is 0.538. The van der Waals surface area contributed by atoms with Gasteiger partial charge in [0, 0.05) is 5.56 Å². The molecule has 0 radical (unpaired) electrons. The predicted molar refractivity (Wildman–Crippen MR) is 60.8 cm³/mol. The molecular formula is C13H19FO. The van der Waals surface area contributed by atoms with Gasteiger partial charge >= 0.3 is 0 Å². The predicted octanol–water partition coefficient (Wildman–Crippen LogP) is 3.98. The van der Waals surface area contributed by atoms with Crippen molar-refractivity contribution in [1.82, 2.24) is 0 Å². The molecule has 2 atom stereocenters. The van der Waals surface area contributed by atoms with Gasteiger partial charge in [-0.1, -0.05) is 33.3 Å². The lowest BCUT2D eigenvalue weighted by Crippen LogP contribution is -2.08. The third-order valence-corrected chi connectivity index (χ3v) is 3.19. The fourth-order valence-corrected chi connectivity index (χ4v) is 1.78.